The van der Waals surface area contributed by atoms with E-state index in [2.05, 4.69) is 20.9 Å². The molecule has 3 aromatic rings. The smallest absolute Gasteiger partial charge is 0.301 e. The molecule has 1 aromatic heterocycles. The highest BCUT2D eigenvalue weighted by Crippen LogP contribution is 2.41. The summed E-state index contributed by atoms with van der Waals surface area (Å²) in [5.41, 5.74) is 1.08. The lowest BCUT2D eigenvalue weighted by Crippen LogP contribution is -2.30. The van der Waals surface area contributed by atoms with Gasteiger partial charge in [-0.15, -0.1) is 0 Å². The maximum Gasteiger partial charge on any atom is 0.301 e. The lowest BCUT2D eigenvalue weighted by atomic mass is 9.95. The van der Waals surface area contributed by atoms with Crippen LogP contribution in [0, 0.1) is 0 Å². The first-order valence-corrected chi connectivity index (χ1v) is 9.88. The third kappa shape index (κ3) is 3.57. The minimum atomic E-state index is -0.828. The van der Waals surface area contributed by atoms with Crippen LogP contribution in [0.25, 0.3) is 5.76 Å². The van der Waals surface area contributed by atoms with Crippen LogP contribution < -0.4 is 4.90 Å². The largest absolute Gasteiger partial charge is 0.507 e. The van der Waals surface area contributed by atoms with E-state index in [1.807, 2.05) is 0 Å². The van der Waals surface area contributed by atoms with Gasteiger partial charge in [-0.05, 0) is 42.0 Å². The molecule has 0 bridgehead atoms. The second-order valence-corrected chi connectivity index (χ2v) is 7.77. The summed E-state index contributed by atoms with van der Waals surface area (Å²) in [4.78, 5) is 31.4. The van der Waals surface area contributed by atoms with Crippen molar-refractivity contribution in [2.45, 2.75) is 6.04 Å². The molecule has 4 rings (SSSR count). The van der Waals surface area contributed by atoms with Gasteiger partial charge in [0, 0.05) is 21.3 Å². The maximum atomic E-state index is 12.9. The van der Waals surface area contributed by atoms with E-state index in [9.17, 15) is 14.7 Å². The van der Waals surface area contributed by atoms with E-state index >= 15 is 0 Å². The molecular formula is C22H14BrClN2O3. The Balaban J connectivity index is 1.94. The predicted molar refractivity (Wildman–Crippen MR) is 115 cm³/mol. The average molecular weight is 470 g/mol. The van der Waals surface area contributed by atoms with Gasteiger partial charge >= 0.3 is 5.91 Å². The fourth-order valence-corrected chi connectivity index (χ4v) is 3.68. The number of ketones is 1. The molecule has 0 spiro atoms. The summed E-state index contributed by atoms with van der Waals surface area (Å²) < 4.78 is 0.831. The number of aliphatic hydroxyl groups is 1. The molecule has 2 heterocycles. The van der Waals surface area contributed by atoms with Gasteiger partial charge in [-0.25, -0.2) is 4.98 Å². The van der Waals surface area contributed by atoms with Crippen molar-refractivity contribution in [3.05, 3.63) is 99.1 Å². The van der Waals surface area contributed by atoms with E-state index in [0.29, 0.717) is 22.0 Å². The molecule has 7 heteroatoms. The van der Waals surface area contributed by atoms with Crippen molar-refractivity contribution in [3.63, 3.8) is 0 Å². The average Bonchev–Trinajstić information content (AvgIpc) is 3.00. The predicted octanol–water partition coefficient (Wildman–Crippen LogP) is 5.12. The van der Waals surface area contributed by atoms with Crippen LogP contribution in [0.4, 0.5) is 5.82 Å². The van der Waals surface area contributed by atoms with Crippen molar-refractivity contribution >= 4 is 50.8 Å². The van der Waals surface area contributed by atoms with Crippen molar-refractivity contribution in [1.82, 2.24) is 4.98 Å². The Morgan fingerprint density at radius 1 is 1.00 bits per heavy atom. The van der Waals surface area contributed by atoms with Gasteiger partial charge in [0.1, 0.15) is 11.6 Å². The maximum absolute atomic E-state index is 12.9. The summed E-state index contributed by atoms with van der Waals surface area (Å²) in [6, 6.07) is 17.9. The molecule has 0 saturated carbocycles. The standard InChI is InChI=1S/C22H14BrClN2O3/c23-15-8-4-14(5-9-15)20(27)18-19(13-6-10-16(24)11-7-13)26(22(29)21(18)28)17-3-1-2-12-25-17/h1-12,19,27H/b20-18-. The molecule has 1 amide bonds. The zero-order chi connectivity index (χ0) is 20.5. The fraction of sp³-hybridized carbons (Fsp3) is 0.0455. The van der Waals surface area contributed by atoms with E-state index in [0.717, 1.165) is 4.47 Å². The number of hydrogen-bond acceptors (Lipinski definition) is 4. The Kier molecular flexibility index (Phi) is 5.22. The van der Waals surface area contributed by atoms with Gasteiger partial charge in [0.2, 0.25) is 0 Å². The van der Waals surface area contributed by atoms with Crippen molar-refractivity contribution in [2.75, 3.05) is 4.90 Å². The summed E-state index contributed by atoms with van der Waals surface area (Å²) in [6.07, 6.45) is 1.54. The molecule has 0 radical (unpaired) electrons. The first-order chi connectivity index (χ1) is 14.0. The Hall–Kier alpha value is -2.96. The molecule has 5 nitrogen and oxygen atoms in total. The van der Waals surface area contributed by atoms with Crippen molar-refractivity contribution in [2.24, 2.45) is 0 Å². The van der Waals surface area contributed by atoms with Crippen LogP contribution in [-0.4, -0.2) is 21.8 Å². The molecule has 1 saturated heterocycles. The number of halogens is 2. The van der Waals surface area contributed by atoms with Crippen molar-refractivity contribution < 1.29 is 14.7 Å². The van der Waals surface area contributed by atoms with E-state index in [1.54, 1.807) is 72.9 Å². The first kappa shape index (κ1) is 19.4. The highest BCUT2D eigenvalue weighted by Gasteiger charge is 2.47. The minimum Gasteiger partial charge on any atom is -0.507 e. The lowest BCUT2D eigenvalue weighted by Gasteiger charge is -2.24. The number of Topliss-reactive ketones (excluding diaryl/α,β-unsaturated/α-hetero) is 1. The van der Waals surface area contributed by atoms with E-state index < -0.39 is 17.7 Å². The number of hydrogen-bond donors (Lipinski definition) is 1. The van der Waals surface area contributed by atoms with Gasteiger partial charge < -0.3 is 5.11 Å². The minimum absolute atomic E-state index is 0.00491. The van der Waals surface area contributed by atoms with Crippen LogP contribution in [-0.2, 0) is 9.59 Å². The molecule has 1 atom stereocenters. The number of amides is 1. The van der Waals surface area contributed by atoms with E-state index in [1.165, 1.54) is 4.90 Å². The van der Waals surface area contributed by atoms with Crippen LogP contribution >= 0.6 is 27.5 Å². The molecular weight excluding hydrogens is 456 g/mol. The number of anilines is 1. The monoisotopic (exact) mass is 468 g/mol. The van der Waals surface area contributed by atoms with Crippen LogP contribution in [0.3, 0.4) is 0 Å². The molecule has 1 N–H and O–H groups in total. The summed E-state index contributed by atoms with van der Waals surface area (Å²) >= 11 is 9.36. The number of nitrogens with zero attached hydrogens (tertiary/aromatic N) is 2. The van der Waals surface area contributed by atoms with Crippen molar-refractivity contribution in [3.8, 4) is 0 Å². The third-order valence-corrected chi connectivity index (χ3v) is 5.42. The fourth-order valence-electron chi connectivity index (χ4n) is 3.29. The van der Waals surface area contributed by atoms with Gasteiger partial charge in [-0.2, -0.15) is 0 Å². The summed E-state index contributed by atoms with van der Waals surface area (Å²) in [6.45, 7) is 0. The number of benzene rings is 2. The van der Waals surface area contributed by atoms with Crippen LogP contribution in [0.5, 0.6) is 0 Å². The summed E-state index contributed by atoms with van der Waals surface area (Å²) in [7, 11) is 0. The van der Waals surface area contributed by atoms with Crippen LogP contribution in [0.15, 0.2) is 83.0 Å². The Bertz CT molecular complexity index is 1110. The number of aliphatic hydroxyl groups excluding tert-OH is 1. The van der Waals surface area contributed by atoms with Gasteiger partial charge in [0.15, 0.2) is 0 Å². The Morgan fingerprint density at radius 3 is 2.31 bits per heavy atom. The van der Waals surface area contributed by atoms with Gasteiger partial charge in [0.05, 0.1) is 11.6 Å². The van der Waals surface area contributed by atoms with Gasteiger partial charge in [-0.1, -0.05) is 57.9 Å². The lowest BCUT2D eigenvalue weighted by molar-refractivity contribution is -0.132. The second kappa shape index (κ2) is 7.81. The molecule has 2 aromatic carbocycles. The van der Waals surface area contributed by atoms with Crippen LogP contribution in [0.1, 0.15) is 17.2 Å². The van der Waals surface area contributed by atoms with Gasteiger partial charge in [-0.3, -0.25) is 14.5 Å². The normalized spacial score (nSPS) is 18.3. The number of aromatic nitrogens is 1. The molecule has 1 unspecified atom stereocenters. The number of carbonyl (C=O) groups is 2. The van der Waals surface area contributed by atoms with E-state index in [4.69, 9.17) is 11.6 Å². The molecule has 1 aliphatic heterocycles. The SMILES string of the molecule is O=C1C(=O)N(c2ccccn2)C(c2ccc(Cl)cc2)/C1=C(/O)c1ccc(Br)cc1. The molecule has 0 aliphatic carbocycles. The number of rotatable bonds is 3. The Morgan fingerprint density at radius 2 is 1.69 bits per heavy atom. The zero-order valence-corrected chi connectivity index (χ0v) is 17.3. The van der Waals surface area contributed by atoms with Crippen molar-refractivity contribution in [1.29, 1.82) is 0 Å². The highest BCUT2D eigenvalue weighted by molar-refractivity contribution is 9.10. The second-order valence-electron chi connectivity index (χ2n) is 6.42. The zero-order valence-electron chi connectivity index (χ0n) is 14.9. The Labute approximate surface area is 180 Å². The van der Waals surface area contributed by atoms with Crippen LogP contribution in [0.2, 0.25) is 5.02 Å². The molecule has 1 fully saturated rings. The molecule has 1 aliphatic rings. The summed E-state index contributed by atoms with van der Waals surface area (Å²) in [5, 5.41) is 11.5. The highest BCUT2D eigenvalue weighted by atomic mass is 79.9. The third-order valence-electron chi connectivity index (χ3n) is 4.64. The van der Waals surface area contributed by atoms with E-state index in [-0.39, 0.29) is 11.3 Å². The quantitative estimate of drug-likeness (QED) is 0.328. The first-order valence-electron chi connectivity index (χ1n) is 8.71. The topological polar surface area (TPSA) is 70.5 Å². The van der Waals surface area contributed by atoms with Gasteiger partial charge in [0.25, 0.3) is 5.78 Å². The molecule has 29 heavy (non-hydrogen) atoms. The molecule has 144 valence electrons. The number of carbonyl (C=O) groups excluding carboxylic acids is 2. The summed E-state index contributed by atoms with van der Waals surface area (Å²) in [5.74, 6) is -1.43. The number of pyridine rings is 1.